The molecule has 0 bridgehead atoms. The van der Waals surface area contributed by atoms with Crippen molar-refractivity contribution in [3.8, 4) is 0 Å². The van der Waals surface area contributed by atoms with Gasteiger partial charge in [-0.05, 0) is 33.1 Å². The van der Waals surface area contributed by atoms with Crippen molar-refractivity contribution < 1.29 is 10.2 Å². The number of nitrogens with zero attached hydrogens (tertiary/aromatic N) is 1. The summed E-state index contributed by atoms with van der Waals surface area (Å²) in [7, 11) is 0. The van der Waals surface area contributed by atoms with Gasteiger partial charge in [0.1, 0.15) is 0 Å². The monoisotopic (exact) mass is 243 g/mol. The molecule has 1 heterocycles. The van der Waals surface area contributed by atoms with Gasteiger partial charge in [-0.1, -0.05) is 20.8 Å². The van der Waals surface area contributed by atoms with E-state index in [9.17, 15) is 10.2 Å². The molecule has 3 heteroatoms. The zero-order valence-electron chi connectivity index (χ0n) is 12.0. The maximum atomic E-state index is 10.3. The van der Waals surface area contributed by atoms with Crippen LogP contribution in [0.1, 0.15) is 53.9 Å². The van der Waals surface area contributed by atoms with E-state index in [1.165, 1.54) is 0 Å². The van der Waals surface area contributed by atoms with Crippen LogP contribution in [0, 0.1) is 5.92 Å². The summed E-state index contributed by atoms with van der Waals surface area (Å²) in [4.78, 5) is 2.43. The number of aliphatic hydroxyl groups excluding tert-OH is 2. The number of piperidine rings is 1. The number of likely N-dealkylation sites (tertiary alicyclic amines) is 1. The molecule has 1 aliphatic rings. The summed E-state index contributed by atoms with van der Waals surface area (Å²) in [5, 5.41) is 19.6. The normalized spacial score (nSPS) is 43.9. The van der Waals surface area contributed by atoms with E-state index < -0.39 is 0 Å². The summed E-state index contributed by atoms with van der Waals surface area (Å²) in [5.41, 5.74) is -0.0232. The lowest BCUT2D eigenvalue weighted by molar-refractivity contribution is -0.139. The summed E-state index contributed by atoms with van der Waals surface area (Å²) in [6.45, 7) is 11.8. The Kier molecular flexibility index (Phi) is 4.61. The van der Waals surface area contributed by atoms with E-state index in [4.69, 9.17) is 0 Å². The van der Waals surface area contributed by atoms with Gasteiger partial charge < -0.3 is 10.2 Å². The van der Waals surface area contributed by atoms with Crippen LogP contribution in [-0.4, -0.2) is 45.4 Å². The van der Waals surface area contributed by atoms with Gasteiger partial charge in [0.05, 0.1) is 12.7 Å². The van der Waals surface area contributed by atoms with E-state index in [0.29, 0.717) is 6.54 Å². The largest absolute Gasteiger partial charge is 0.395 e. The van der Waals surface area contributed by atoms with E-state index in [1.54, 1.807) is 0 Å². The molecule has 1 rings (SSSR count). The number of rotatable bonds is 4. The molecule has 4 unspecified atom stereocenters. The van der Waals surface area contributed by atoms with Gasteiger partial charge in [0.2, 0.25) is 0 Å². The second kappa shape index (κ2) is 5.25. The molecule has 1 fully saturated rings. The van der Waals surface area contributed by atoms with E-state index in [2.05, 4.69) is 39.5 Å². The van der Waals surface area contributed by atoms with Crippen LogP contribution in [0.25, 0.3) is 0 Å². The predicted molar refractivity (Wildman–Crippen MR) is 71.0 cm³/mol. The van der Waals surface area contributed by atoms with Crippen LogP contribution in [-0.2, 0) is 0 Å². The molecule has 1 saturated heterocycles. The molecule has 0 aromatic rings. The minimum absolute atomic E-state index is 0.000579. The molecule has 0 spiro atoms. The molecule has 102 valence electrons. The van der Waals surface area contributed by atoms with Gasteiger partial charge in [0, 0.05) is 23.5 Å². The van der Waals surface area contributed by atoms with Gasteiger partial charge in [-0.15, -0.1) is 0 Å². The summed E-state index contributed by atoms with van der Waals surface area (Å²) in [6, 6.07) is 0. The highest BCUT2D eigenvalue weighted by Crippen LogP contribution is 2.45. The number of hydrogen-bond acceptors (Lipinski definition) is 3. The molecule has 4 atom stereocenters. The van der Waals surface area contributed by atoms with Gasteiger partial charge in [0.15, 0.2) is 0 Å². The predicted octanol–water partition coefficient (Wildman–Crippen LogP) is 2.02. The van der Waals surface area contributed by atoms with E-state index in [-0.39, 0.29) is 29.7 Å². The maximum Gasteiger partial charge on any atom is 0.0600 e. The van der Waals surface area contributed by atoms with Gasteiger partial charge in [-0.25, -0.2) is 0 Å². The highest BCUT2D eigenvalue weighted by molar-refractivity contribution is 5.06. The Morgan fingerprint density at radius 1 is 1.24 bits per heavy atom. The first-order valence-corrected chi connectivity index (χ1v) is 6.92. The third kappa shape index (κ3) is 2.38. The summed E-state index contributed by atoms with van der Waals surface area (Å²) < 4.78 is 0. The molecule has 3 nitrogen and oxygen atoms in total. The molecule has 0 aromatic heterocycles. The highest BCUT2D eigenvalue weighted by atomic mass is 16.3. The van der Waals surface area contributed by atoms with Gasteiger partial charge in [-0.2, -0.15) is 0 Å². The lowest BCUT2D eigenvalue weighted by atomic mass is 9.68. The molecular formula is C14H29NO2. The summed E-state index contributed by atoms with van der Waals surface area (Å²) >= 11 is 0. The van der Waals surface area contributed by atoms with Crippen molar-refractivity contribution in [3.63, 3.8) is 0 Å². The number of hydrogen-bond donors (Lipinski definition) is 2. The van der Waals surface area contributed by atoms with Crippen LogP contribution in [0.3, 0.4) is 0 Å². The third-order valence-corrected chi connectivity index (χ3v) is 5.28. The minimum atomic E-state index is -0.236. The average Bonchev–Trinajstić information content (AvgIpc) is 2.32. The second-order valence-electron chi connectivity index (χ2n) is 6.00. The first-order valence-electron chi connectivity index (χ1n) is 6.92. The molecule has 0 radical (unpaired) electrons. The Morgan fingerprint density at radius 2 is 1.82 bits per heavy atom. The standard InChI is InChI=1S/C14H29NO2/c1-6-13(4)10-12(17)11(3)14(5,7-2)15(13)8-9-16/h11-12,16-17H,6-10H2,1-5H3. The average molecular weight is 243 g/mol. The lowest BCUT2D eigenvalue weighted by Gasteiger charge is -2.60. The van der Waals surface area contributed by atoms with Gasteiger partial charge >= 0.3 is 0 Å². The fraction of sp³-hybridized carbons (Fsp3) is 1.00. The fourth-order valence-corrected chi connectivity index (χ4v) is 3.49. The highest BCUT2D eigenvalue weighted by Gasteiger charge is 2.51. The van der Waals surface area contributed by atoms with Crippen molar-refractivity contribution >= 4 is 0 Å². The second-order valence-corrected chi connectivity index (χ2v) is 6.00. The van der Waals surface area contributed by atoms with E-state index in [1.807, 2.05) is 0 Å². The first-order chi connectivity index (χ1) is 7.85. The zero-order chi connectivity index (χ0) is 13.3. The van der Waals surface area contributed by atoms with E-state index >= 15 is 0 Å². The zero-order valence-corrected chi connectivity index (χ0v) is 12.0. The Morgan fingerprint density at radius 3 is 2.24 bits per heavy atom. The molecular weight excluding hydrogens is 214 g/mol. The Labute approximate surface area is 106 Å². The van der Waals surface area contributed by atoms with Crippen LogP contribution in [0.15, 0.2) is 0 Å². The molecule has 0 saturated carbocycles. The quantitative estimate of drug-likeness (QED) is 0.794. The molecule has 0 aromatic carbocycles. The first kappa shape index (κ1) is 14.9. The smallest absolute Gasteiger partial charge is 0.0600 e. The van der Waals surface area contributed by atoms with Crippen LogP contribution in [0.4, 0.5) is 0 Å². The van der Waals surface area contributed by atoms with Crippen molar-refractivity contribution in [2.45, 2.75) is 71.1 Å². The SMILES string of the molecule is CCC1(C)CC(O)C(C)C(C)(CC)N1CCO. The van der Waals surface area contributed by atoms with Crippen molar-refractivity contribution in [2.75, 3.05) is 13.2 Å². The molecule has 1 aliphatic heterocycles. The molecule has 0 amide bonds. The number of β-amino-alcohol motifs (C(OH)–C–C–N with tert-alkyl or cyclic N) is 1. The summed E-state index contributed by atoms with van der Waals surface area (Å²) in [6.07, 6.45) is 2.58. The van der Waals surface area contributed by atoms with Crippen molar-refractivity contribution in [2.24, 2.45) is 5.92 Å². The topological polar surface area (TPSA) is 43.7 Å². The molecule has 2 N–H and O–H groups in total. The van der Waals surface area contributed by atoms with Crippen molar-refractivity contribution in [1.29, 1.82) is 0 Å². The Hall–Kier alpha value is -0.120. The van der Waals surface area contributed by atoms with Crippen molar-refractivity contribution in [3.05, 3.63) is 0 Å². The van der Waals surface area contributed by atoms with Crippen molar-refractivity contribution in [1.82, 2.24) is 4.90 Å². The third-order valence-electron chi connectivity index (χ3n) is 5.28. The molecule has 17 heavy (non-hydrogen) atoms. The minimum Gasteiger partial charge on any atom is -0.395 e. The van der Waals surface area contributed by atoms with Gasteiger partial charge in [-0.3, -0.25) is 4.90 Å². The van der Waals surface area contributed by atoms with E-state index in [0.717, 1.165) is 19.3 Å². The van der Waals surface area contributed by atoms with Gasteiger partial charge in [0.25, 0.3) is 0 Å². The van der Waals surface area contributed by atoms with Crippen LogP contribution >= 0.6 is 0 Å². The summed E-state index contributed by atoms with van der Waals surface area (Å²) in [5.74, 6) is 0.249. The fourth-order valence-electron chi connectivity index (χ4n) is 3.49. The Bertz CT molecular complexity index is 259. The molecule has 0 aliphatic carbocycles. The van der Waals surface area contributed by atoms with Crippen LogP contribution < -0.4 is 0 Å². The number of aliphatic hydroxyl groups is 2. The lowest BCUT2D eigenvalue weighted by Crippen LogP contribution is -2.68. The van der Waals surface area contributed by atoms with Crippen LogP contribution in [0.5, 0.6) is 0 Å². The van der Waals surface area contributed by atoms with Crippen LogP contribution in [0.2, 0.25) is 0 Å². The Balaban J connectivity index is 3.12. The maximum absolute atomic E-state index is 10.3.